The van der Waals surface area contributed by atoms with Crippen molar-refractivity contribution < 1.29 is 14.1 Å². The van der Waals surface area contributed by atoms with Gasteiger partial charge in [-0.2, -0.15) is 4.68 Å². The topological polar surface area (TPSA) is 103 Å². The van der Waals surface area contributed by atoms with Crippen LogP contribution in [0.25, 0.3) is 0 Å². The Morgan fingerprint density at radius 1 is 1.50 bits per heavy atom. The van der Waals surface area contributed by atoms with Crippen molar-refractivity contribution >= 4 is 17.5 Å². The molecule has 1 amide bonds. The van der Waals surface area contributed by atoms with Gasteiger partial charge in [0.25, 0.3) is 0 Å². The van der Waals surface area contributed by atoms with Gasteiger partial charge in [0.2, 0.25) is 11.7 Å². The quantitative estimate of drug-likeness (QED) is 0.670. The number of anilines is 1. The lowest BCUT2D eigenvalue weighted by Crippen LogP contribution is -2.21. The maximum Gasteiger partial charge on any atom is 0.491 e. The van der Waals surface area contributed by atoms with Gasteiger partial charge in [0.15, 0.2) is 0 Å². The van der Waals surface area contributed by atoms with E-state index in [9.17, 15) is 19.3 Å². The summed E-state index contributed by atoms with van der Waals surface area (Å²) in [6.07, 6.45) is 0. The molecule has 2 aromatic rings. The molecule has 0 aliphatic heterocycles. The molecule has 0 fully saturated rings. The highest BCUT2D eigenvalue weighted by Gasteiger charge is 2.20. The molecule has 0 atom stereocenters. The van der Waals surface area contributed by atoms with Gasteiger partial charge in [-0.15, -0.1) is 0 Å². The van der Waals surface area contributed by atoms with E-state index in [4.69, 9.17) is 0 Å². The molecule has 104 valence electrons. The summed E-state index contributed by atoms with van der Waals surface area (Å²) in [5.41, 5.74) is 0.0322. The van der Waals surface area contributed by atoms with Gasteiger partial charge in [0, 0.05) is 12.0 Å². The number of carbonyl (C=O) groups is 1. The van der Waals surface area contributed by atoms with Gasteiger partial charge in [0.1, 0.15) is 12.4 Å². The molecule has 20 heavy (non-hydrogen) atoms. The Hall–Kier alpha value is -2.84. The van der Waals surface area contributed by atoms with Gasteiger partial charge >= 0.3 is 5.95 Å². The number of nitrogens with one attached hydrogen (secondary N) is 1. The number of hydrogen-bond donors (Lipinski definition) is 1. The van der Waals surface area contributed by atoms with Crippen LogP contribution in [0.2, 0.25) is 0 Å². The van der Waals surface area contributed by atoms with Crippen molar-refractivity contribution in [1.82, 2.24) is 14.8 Å². The molecule has 1 aromatic carbocycles. The second-order valence-corrected chi connectivity index (χ2v) is 3.90. The number of halogens is 1. The van der Waals surface area contributed by atoms with E-state index in [1.165, 1.54) is 25.1 Å². The second-order valence-electron chi connectivity index (χ2n) is 3.90. The van der Waals surface area contributed by atoms with Crippen molar-refractivity contribution in [2.75, 3.05) is 5.32 Å². The summed E-state index contributed by atoms with van der Waals surface area (Å²) < 4.78 is 14.4. The number of amides is 1. The number of aromatic nitrogens is 3. The lowest BCUT2D eigenvalue weighted by Gasteiger charge is -2.05. The highest BCUT2D eigenvalue weighted by atomic mass is 19.1. The first-order valence-corrected chi connectivity index (χ1v) is 5.57. The van der Waals surface area contributed by atoms with Gasteiger partial charge < -0.3 is 15.4 Å². The molecule has 0 radical (unpaired) electrons. The minimum atomic E-state index is -0.752. The van der Waals surface area contributed by atoms with Crippen LogP contribution in [0, 0.1) is 22.9 Å². The van der Waals surface area contributed by atoms with Gasteiger partial charge in [-0.05, 0) is 22.0 Å². The van der Waals surface area contributed by atoms with E-state index in [0.29, 0.717) is 0 Å². The molecule has 1 aromatic heterocycles. The van der Waals surface area contributed by atoms with E-state index < -0.39 is 22.6 Å². The van der Waals surface area contributed by atoms with E-state index in [2.05, 4.69) is 15.4 Å². The van der Waals surface area contributed by atoms with Gasteiger partial charge in [-0.25, -0.2) is 4.39 Å². The molecular formula is C11H10FN5O3. The smallest absolute Gasteiger partial charge is 0.390 e. The van der Waals surface area contributed by atoms with Crippen molar-refractivity contribution in [1.29, 1.82) is 0 Å². The molecule has 0 aliphatic carbocycles. The molecular weight excluding hydrogens is 269 g/mol. The predicted octanol–water partition coefficient (Wildman–Crippen LogP) is 1.27. The average molecular weight is 279 g/mol. The van der Waals surface area contributed by atoms with Crippen molar-refractivity contribution in [2.24, 2.45) is 0 Å². The zero-order valence-electron chi connectivity index (χ0n) is 10.4. The number of aryl methyl sites for hydroxylation is 1. The lowest BCUT2D eigenvalue weighted by atomic mass is 10.3. The number of nitro groups is 1. The third-order valence-corrected chi connectivity index (χ3v) is 2.45. The molecule has 1 N–H and O–H groups in total. The van der Waals surface area contributed by atoms with Crippen molar-refractivity contribution in [2.45, 2.75) is 13.5 Å². The van der Waals surface area contributed by atoms with E-state index in [1.807, 2.05) is 0 Å². The molecule has 8 nitrogen and oxygen atoms in total. The minimum Gasteiger partial charge on any atom is -0.390 e. The van der Waals surface area contributed by atoms with Crippen LogP contribution in [-0.2, 0) is 11.3 Å². The molecule has 0 spiro atoms. The number of benzene rings is 1. The standard InChI is InChI=1S/C11H10FN5O3/c1-7-13-11(17(19)20)15-16(7)6-10(18)14-9-5-3-2-4-8(9)12/h2-5H,6H2,1H3,(H,14,18). The van der Waals surface area contributed by atoms with E-state index in [0.717, 1.165) is 4.68 Å². The van der Waals surface area contributed by atoms with Crippen LogP contribution < -0.4 is 5.32 Å². The monoisotopic (exact) mass is 279 g/mol. The Morgan fingerprint density at radius 2 is 2.20 bits per heavy atom. The first-order chi connectivity index (χ1) is 9.47. The molecule has 0 saturated carbocycles. The highest BCUT2D eigenvalue weighted by molar-refractivity contribution is 5.90. The summed E-state index contributed by atoms with van der Waals surface area (Å²) in [4.78, 5) is 25.1. The summed E-state index contributed by atoms with van der Waals surface area (Å²) in [6.45, 7) is 1.19. The normalized spacial score (nSPS) is 10.3. The maximum absolute atomic E-state index is 13.3. The molecule has 0 aliphatic rings. The van der Waals surface area contributed by atoms with Crippen LogP contribution >= 0.6 is 0 Å². The van der Waals surface area contributed by atoms with Gasteiger partial charge in [-0.3, -0.25) is 4.79 Å². The van der Waals surface area contributed by atoms with Crippen LogP contribution in [-0.4, -0.2) is 25.6 Å². The molecule has 1 heterocycles. The van der Waals surface area contributed by atoms with E-state index in [-0.39, 0.29) is 18.1 Å². The Kier molecular flexibility index (Phi) is 3.69. The Balaban J connectivity index is 2.09. The summed E-state index contributed by atoms with van der Waals surface area (Å²) in [6, 6.07) is 5.69. The van der Waals surface area contributed by atoms with Crippen LogP contribution in [0.5, 0.6) is 0 Å². The van der Waals surface area contributed by atoms with Gasteiger partial charge in [-0.1, -0.05) is 12.1 Å². The van der Waals surface area contributed by atoms with Crippen molar-refractivity contribution in [3.63, 3.8) is 0 Å². The van der Waals surface area contributed by atoms with E-state index in [1.54, 1.807) is 6.07 Å². The zero-order valence-corrected chi connectivity index (χ0v) is 10.4. The molecule has 2 rings (SSSR count). The second kappa shape index (κ2) is 5.43. The van der Waals surface area contributed by atoms with Crippen LogP contribution in [0.3, 0.4) is 0 Å². The average Bonchev–Trinajstić information content (AvgIpc) is 2.74. The Labute approximate surface area is 112 Å². The van der Waals surface area contributed by atoms with Crippen molar-refractivity contribution in [3.8, 4) is 0 Å². The molecule has 0 unspecified atom stereocenters. The third-order valence-electron chi connectivity index (χ3n) is 2.45. The first-order valence-electron chi connectivity index (χ1n) is 5.57. The zero-order chi connectivity index (χ0) is 14.7. The first kappa shape index (κ1) is 13.6. The Morgan fingerprint density at radius 3 is 2.80 bits per heavy atom. The summed E-state index contributed by atoms with van der Waals surface area (Å²) >= 11 is 0. The lowest BCUT2D eigenvalue weighted by molar-refractivity contribution is -0.394. The number of rotatable bonds is 4. The maximum atomic E-state index is 13.3. The highest BCUT2D eigenvalue weighted by Crippen LogP contribution is 2.12. The number of carbonyl (C=O) groups excluding carboxylic acids is 1. The minimum absolute atomic E-state index is 0.0322. The summed E-state index contributed by atoms with van der Waals surface area (Å²) in [5, 5.41) is 16.4. The van der Waals surface area contributed by atoms with Crippen LogP contribution in [0.1, 0.15) is 5.82 Å². The van der Waals surface area contributed by atoms with Crippen LogP contribution in [0.15, 0.2) is 24.3 Å². The number of para-hydroxylation sites is 1. The summed E-state index contributed by atoms with van der Waals surface area (Å²) in [7, 11) is 0. The largest absolute Gasteiger partial charge is 0.491 e. The summed E-state index contributed by atoms with van der Waals surface area (Å²) in [5.74, 6) is -1.48. The molecule has 0 saturated heterocycles. The fourth-order valence-corrected chi connectivity index (χ4v) is 1.52. The number of hydrogen-bond acceptors (Lipinski definition) is 5. The van der Waals surface area contributed by atoms with Crippen LogP contribution in [0.4, 0.5) is 16.0 Å². The SMILES string of the molecule is Cc1nc([N+](=O)[O-])nn1CC(=O)Nc1ccccc1F. The predicted molar refractivity (Wildman–Crippen MR) is 66.4 cm³/mol. The van der Waals surface area contributed by atoms with E-state index >= 15 is 0 Å². The van der Waals surface area contributed by atoms with Crippen molar-refractivity contribution in [3.05, 3.63) is 46.0 Å². The number of nitrogens with zero attached hydrogens (tertiary/aromatic N) is 4. The molecule has 0 bridgehead atoms. The fraction of sp³-hybridized carbons (Fsp3) is 0.182. The van der Waals surface area contributed by atoms with Gasteiger partial charge in [0.05, 0.1) is 5.69 Å². The third kappa shape index (κ3) is 2.94. The Bertz CT molecular complexity index is 670. The fourth-order valence-electron chi connectivity index (χ4n) is 1.52. The molecule has 9 heteroatoms.